The number of methoxy groups -OCH3 is 1. The van der Waals surface area contributed by atoms with E-state index >= 15 is 0 Å². The van der Waals surface area contributed by atoms with Crippen LogP contribution in [0.25, 0.3) is 0 Å². The van der Waals surface area contributed by atoms with Crippen LogP contribution in [0.5, 0.6) is 5.75 Å². The van der Waals surface area contributed by atoms with E-state index in [1.165, 1.54) is 12.1 Å². The largest absolute Gasteiger partial charge is 0.497 e. The molecule has 0 fully saturated rings. The van der Waals surface area contributed by atoms with E-state index in [1.54, 1.807) is 25.3 Å². The Kier molecular flexibility index (Phi) is 4.74. The van der Waals surface area contributed by atoms with Crippen molar-refractivity contribution in [2.45, 2.75) is 12.8 Å². The predicted octanol–water partition coefficient (Wildman–Crippen LogP) is 3.84. The summed E-state index contributed by atoms with van der Waals surface area (Å²) in [5.74, 6) is 0.209. The number of ether oxygens (including phenoxy) is 1. The molecular formula is C16H14ClFO2. The minimum Gasteiger partial charge on any atom is -0.497 e. The third-order valence-corrected chi connectivity index (χ3v) is 3.35. The number of halogens is 2. The number of rotatable bonds is 5. The summed E-state index contributed by atoms with van der Waals surface area (Å²) in [7, 11) is 1.58. The molecule has 0 bridgehead atoms. The molecule has 0 aliphatic heterocycles. The summed E-state index contributed by atoms with van der Waals surface area (Å²) >= 11 is 5.91. The third kappa shape index (κ3) is 3.58. The van der Waals surface area contributed by atoms with Gasteiger partial charge in [0.1, 0.15) is 17.3 Å². The fourth-order valence-corrected chi connectivity index (χ4v) is 2.16. The molecule has 0 radical (unpaired) electrons. The van der Waals surface area contributed by atoms with E-state index in [4.69, 9.17) is 16.3 Å². The number of hydrogen-bond donors (Lipinski definition) is 0. The Balaban J connectivity index is 2.05. The van der Waals surface area contributed by atoms with Crippen molar-refractivity contribution in [1.82, 2.24) is 0 Å². The number of Topliss-reactive ketones (excluding diaryl/α,β-unsaturated/α-hetero) is 1. The van der Waals surface area contributed by atoms with Crippen LogP contribution in [0, 0.1) is 5.82 Å². The highest BCUT2D eigenvalue weighted by atomic mass is 35.5. The molecule has 0 saturated heterocycles. The quantitative estimate of drug-likeness (QED) is 0.837. The molecule has 4 heteroatoms. The normalized spacial score (nSPS) is 10.3. The molecule has 0 saturated carbocycles. The van der Waals surface area contributed by atoms with E-state index < -0.39 is 5.82 Å². The molecule has 104 valence electrons. The zero-order chi connectivity index (χ0) is 14.5. The average Bonchev–Trinajstić information content (AvgIpc) is 2.44. The number of ketones is 1. The fourth-order valence-electron chi connectivity index (χ4n) is 1.93. The van der Waals surface area contributed by atoms with Crippen molar-refractivity contribution in [3.05, 3.63) is 64.4 Å². The van der Waals surface area contributed by atoms with Gasteiger partial charge in [0.2, 0.25) is 0 Å². The summed E-state index contributed by atoms with van der Waals surface area (Å²) in [6.45, 7) is 0. The highest BCUT2D eigenvalue weighted by Crippen LogP contribution is 2.20. The lowest BCUT2D eigenvalue weighted by molar-refractivity contribution is -0.117. The van der Waals surface area contributed by atoms with Crippen LogP contribution in [-0.4, -0.2) is 12.9 Å². The maximum atomic E-state index is 13.6. The Morgan fingerprint density at radius 1 is 1.15 bits per heavy atom. The lowest BCUT2D eigenvalue weighted by atomic mass is 10.0. The van der Waals surface area contributed by atoms with E-state index in [0.29, 0.717) is 0 Å². The first kappa shape index (κ1) is 14.5. The Bertz CT molecular complexity index is 588. The van der Waals surface area contributed by atoms with E-state index in [2.05, 4.69) is 0 Å². The number of benzene rings is 2. The van der Waals surface area contributed by atoms with Crippen LogP contribution in [0.2, 0.25) is 5.02 Å². The topological polar surface area (TPSA) is 26.3 Å². The molecule has 0 spiro atoms. The van der Waals surface area contributed by atoms with Crippen LogP contribution in [0.15, 0.2) is 42.5 Å². The van der Waals surface area contributed by atoms with Gasteiger partial charge in [0, 0.05) is 23.4 Å². The van der Waals surface area contributed by atoms with E-state index in [1.807, 2.05) is 12.1 Å². The lowest BCUT2D eigenvalue weighted by Gasteiger charge is -2.06. The summed E-state index contributed by atoms with van der Waals surface area (Å²) in [4.78, 5) is 12.0. The fraction of sp³-hybridized carbons (Fsp3) is 0.188. The standard InChI is InChI=1S/C16H14ClFO2/c1-20-13-7-5-11(6-8-13)9-12(19)10-14-15(17)3-2-4-16(14)18/h2-8H,9-10H2,1H3. The number of carbonyl (C=O) groups excluding carboxylic acids is 1. The first-order chi connectivity index (χ1) is 9.60. The minimum absolute atomic E-state index is 0.00244. The summed E-state index contributed by atoms with van der Waals surface area (Å²) in [6.07, 6.45) is 0.242. The molecule has 0 atom stereocenters. The van der Waals surface area contributed by atoms with Crippen molar-refractivity contribution in [3.8, 4) is 5.75 Å². The van der Waals surface area contributed by atoms with Gasteiger partial charge < -0.3 is 4.74 Å². The molecule has 2 nitrogen and oxygen atoms in total. The van der Waals surface area contributed by atoms with Crippen molar-refractivity contribution in [2.75, 3.05) is 7.11 Å². The predicted molar refractivity (Wildman–Crippen MR) is 76.8 cm³/mol. The Labute approximate surface area is 122 Å². The monoisotopic (exact) mass is 292 g/mol. The van der Waals surface area contributed by atoms with Crippen LogP contribution < -0.4 is 4.74 Å². The minimum atomic E-state index is -0.444. The van der Waals surface area contributed by atoms with Crippen LogP contribution >= 0.6 is 11.6 Å². The molecule has 2 aromatic carbocycles. The Hall–Kier alpha value is -1.87. The first-order valence-corrected chi connectivity index (χ1v) is 6.55. The van der Waals surface area contributed by atoms with Gasteiger partial charge in [-0.15, -0.1) is 0 Å². The molecule has 2 aromatic rings. The molecule has 0 amide bonds. The molecule has 2 rings (SSSR count). The maximum Gasteiger partial charge on any atom is 0.141 e. The molecule has 0 N–H and O–H groups in total. The average molecular weight is 293 g/mol. The smallest absolute Gasteiger partial charge is 0.141 e. The molecular weight excluding hydrogens is 279 g/mol. The maximum absolute atomic E-state index is 13.6. The SMILES string of the molecule is COc1ccc(CC(=O)Cc2c(F)cccc2Cl)cc1. The molecule has 0 heterocycles. The highest BCUT2D eigenvalue weighted by molar-refractivity contribution is 6.31. The van der Waals surface area contributed by atoms with Gasteiger partial charge in [-0.1, -0.05) is 29.8 Å². The zero-order valence-electron chi connectivity index (χ0n) is 11.0. The molecule has 0 aromatic heterocycles. The van der Waals surface area contributed by atoms with Crippen LogP contribution in [0.3, 0.4) is 0 Å². The van der Waals surface area contributed by atoms with Gasteiger partial charge in [-0.25, -0.2) is 4.39 Å². The molecule has 0 aliphatic carbocycles. The van der Waals surface area contributed by atoms with Crippen LogP contribution in [0.4, 0.5) is 4.39 Å². The number of carbonyl (C=O) groups is 1. The van der Waals surface area contributed by atoms with Gasteiger partial charge in [0.05, 0.1) is 7.11 Å². The zero-order valence-corrected chi connectivity index (χ0v) is 11.8. The lowest BCUT2D eigenvalue weighted by Crippen LogP contribution is -2.08. The van der Waals surface area contributed by atoms with Gasteiger partial charge in [-0.2, -0.15) is 0 Å². The van der Waals surface area contributed by atoms with Gasteiger partial charge >= 0.3 is 0 Å². The van der Waals surface area contributed by atoms with E-state index in [9.17, 15) is 9.18 Å². The molecule has 0 aliphatic rings. The first-order valence-electron chi connectivity index (χ1n) is 6.17. The van der Waals surface area contributed by atoms with Crippen molar-refractivity contribution in [2.24, 2.45) is 0 Å². The second-order valence-electron chi connectivity index (χ2n) is 4.44. The van der Waals surface area contributed by atoms with Crippen LogP contribution in [0.1, 0.15) is 11.1 Å². The van der Waals surface area contributed by atoms with E-state index in [-0.39, 0.29) is 29.2 Å². The van der Waals surface area contributed by atoms with E-state index in [0.717, 1.165) is 11.3 Å². The molecule has 0 unspecified atom stereocenters. The number of hydrogen-bond acceptors (Lipinski definition) is 2. The van der Waals surface area contributed by atoms with Crippen LogP contribution in [-0.2, 0) is 17.6 Å². The highest BCUT2D eigenvalue weighted by Gasteiger charge is 2.12. The Morgan fingerprint density at radius 2 is 1.85 bits per heavy atom. The second kappa shape index (κ2) is 6.53. The van der Waals surface area contributed by atoms with Crippen molar-refractivity contribution < 1.29 is 13.9 Å². The molecule has 20 heavy (non-hydrogen) atoms. The van der Waals surface area contributed by atoms with Gasteiger partial charge in [-0.05, 0) is 29.8 Å². The summed E-state index contributed by atoms with van der Waals surface area (Å²) in [5, 5.41) is 0.285. The summed E-state index contributed by atoms with van der Waals surface area (Å²) < 4.78 is 18.6. The van der Waals surface area contributed by atoms with Crippen molar-refractivity contribution in [1.29, 1.82) is 0 Å². The third-order valence-electron chi connectivity index (χ3n) is 3.00. The summed E-state index contributed by atoms with van der Waals surface area (Å²) in [6, 6.07) is 11.6. The second-order valence-corrected chi connectivity index (χ2v) is 4.85. The van der Waals surface area contributed by atoms with Gasteiger partial charge in [-0.3, -0.25) is 4.79 Å². The van der Waals surface area contributed by atoms with Crippen molar-refractivity contribution in [3.63, 3.8) is 0 Å². The van der Waals surface area contributed by atoms with Gasteiger partial charge in [0.25, 0.3) is 0 Å². The summed E-state index contributed by atoms with van der Waals surface area (Å²) in [5.41, 5.74) is 1.12. The van der Waals surface area contributed by atoms with Gasteiger partial charge in [0.15, 0.2) is 0 Å². The Morgan fingerprint density at radius 3 is 2.45 bits per heavy atom. The van der Waals surface area contributed by atoms with Crippen molar-refractivity contribution >= 4 is 17.4 Å².